The van der Waals surface area contributed by atoms with Crippen molar-refractivity contribution in [1.29, 1.82) is 0 Å². The number of halogens is 2. The predicted octanol–water partition coefficient (Wildman–Crippen LogP) is 1.60. The summed E-state index contributed by atoms with van der Waals surface area (Å²) in [6.07, 6.45) is 0. The monoisotopic (exact) mass is 331 g/mol. The number of likely N-dealkylation sites (N-methyl/N-ethyl adjacent to an activating group) is 1. The Labute approximate surface area is 119 Å². The number of imide groups is 1. The third kappa shape index (κ3) is 4.60. The number of rotatable bonds is 4. The second-order valence-electron chi connectivity index (χ2n) is 4.18. The summed E-state index contributed by atoms with van der Waals surface area (Å²) in [7, 11) is 1.66. The van der Waals surface area contributed by atoms with E-state index in [1.54, 1.807) is 31.0 Å². The molecule has 0 unspecified atom stereocenters. The van der Waals surface area contributed by atoms with E-state index in [0.717, 1.165) is 4.47 Å². The Kier molecular flexibility index (Phi) is 5.44. The largest absolute Gasteiger partial charge is 0.351 e. The highest BCUT2D eigenvalue weighted by atomic mass is 79.9. The van der Waals surface area contributed by atoms with Gasteiger partial charge in [0.15, 0.2) is 0 Å². The second kappa shape index (κ2) is 6.63. The summed E-state index contributed by atoms with van der Waals surface area (Å²) in [4.78, 5) is 23.8. The SMILES string of the molecule is C[C@@H](C(=O)NC(N)=O)N(C)Cc1cc(Br)ccc1F. The summed E-state index contributed by atoms with van der Waals surface area (Å²) in [5.74, 6) is -0.872. The average molecular weight is 332 g/mol. The average Bonchev–Trinajstić information content (AvgIpc) is 2.31. The highest BCUT2D eigenvalue weighted by molar-refractivity contribution is 9.10. The molecule has 0 spiro atoms. The number of amides is 3. The zero-order valence-corrected chi connectivity index (χ0v) is 12.2. The summed E-state index contributed by atoms with van der Waals surface area (Å²) < 4.78 is 14.3. The molecule has 1 atom stereocenters. The van der Waals surface area contributed by atoms with Crippen LogP contribution in [0.2, 0.25) is 0 Å². The van der Waals surface area contributed by atoms with Crippen molar-refractivity contribution in [2.75, 3.05) is 7.05 Å². The quantitative estimate of drug-likeness (QED) is 0.879. The fourth-order valence-electron chi connectivity index (χ4n) is 1.50. The molecule has 104 valence electrons. The number of carbonyl (C=O) groups is 2. The number of urea groups is 1. The molecule has 0 radical (unpaired) electrons. The lowest BCUT2D eigenvalue weighted by molar-refractivity contribution is -0.124. The first kappa shape index (κ1) is 15.6. The number of nitrogens with one attached hydrogen (secondary N) is 1. The number of nitrogens with zero attached hydrogens (tertiary/aromatic N) is 1. The van der Waals surface area contributed by atoms with Gasteiger partial charge in [0.2, 0.25) is 5.91 Å². The van der Waals surface area contributed by atoms with Gasteiger partial charge >= 0.3 is 6.03 Å². The van der Waals surface area contributed by atoms with Crippen molar-refractivity contribution >= 4 is 27.9 Å². The molecule has 7 heteroatoms. The Morgan fingerprint density at radius 3 is 2.74 bits per heavy atom. The Bertz CT molecular complexity index is 496. The molecule has 0 saturated heterocycles. The van der Waals surface area contributed by atoms with Crippen molar-refractivity contribution in [3.8, 4) is 0 Å². The van der Waals surface area contributed by atoms with Crippen LogP contribution in [0.15, 0.2) is 22.7 Å². The Morgan fingerprint density at radius 2 is 2.16 bits per heavy atom. The van der Waals surface area contributed by atoms with Gasteiger partial charge in [0, 0.05) is 16.6 Å². The molecule has 3 N–H and O–H groups in total. The predicted molar refractivity (Wildman–Crippen MR) is 72.8 cm³/mol. The minimum Gasteiger partial charge on any atom is -0.351 e. The van der Waals surface area contributed by atoms with Gasteiger partial charge in [0.25, 0.3) is 0 Å². The fraction of sp³-hybridized carbons (Fsp3) is 0.333. The lowest BCUT2D eigenvalue weighted by atomic mass is 10.1. The maximum Gasteiger partial charge on any atom is 0.318 e. The maximum absolute atomic E-state index is 13.6. The van der Waals surface area contributed by atoms with Crippen molar-refractivity contribution in [3.05, 3.63) is 34.1 Å². The molecular formula is C12H15BrFN3O2. The van der Waals surface area contributed by atoms with Crippen LogP contribution in [-0.4, -0.2) is 29.9 Å². The van der Waals surface area contributed by atoms with Gasteiger partial charge in [-0.15, -0.1) is 0 Å². The van der Waals surface area contributed by atoms with E-state index in [9.17, 15) is 14.0 Å². The summed E-state index contributed by atoms with van der Waals surface area (Å²) >= 11 is 3.26. The molecule has 0 aliphatic carbocycles. The van der Waals surface area contributed by atoms with Crippen LogP contribution in [-0.2, 0) is 11.3 Å². The number of carbonyl (C=O) groups excluding carboxylic acids is 2. The molecule has 0 bridgehead atoms. The van der Waals surface area contributed by atoms with Crippen LogP contribution in [0.4, 0.5) is 9.18 Å². The molecule has 0 aliphatic heterocycles. The maximum atomic E-state index is 13.6. The van der Waals surface area contributed by atoms with Crippen LogP contribution >= 0.6 is 15.9 Å². The first-order valence-electron chi connectivity index (χ1n) is 5.55. The molecule has 19 heavy (non-hydrogen) atoms. The highest BCUT2D eigenvalue weighted by Gasteiger charge is 2.20. The third-order valence-electron chi connectivity index (χ3n) is 2.71. The molecule has 0 heterocycles. The van der Waals surface area contributed by atoms with E-state index in [1.165, 1.54) is 6.07 Å². The summed E-state index contributed by atoms with van der Waals surface area (Å²) in [5.41, 5.74) is 5.33. The van der Waals surface area contributed by atoms with Gasteiger partial charge < -0.3 is 5.73 Å². The van der Waals surface area contributed by atoms with Gasteiger partial charge in [0.05, 0.1) is 6.04 Å². The Balaban J connectivity index is 2.73. The lowest BCUT2D eigenvalue weighted by Gasteiger charge is -2.23. The van der Waals surface area contributed by atoms with E-state index in [0.29, 0.717) is 5.56 Å². The zero-order chi connectivity index (χ0) is 14.6. The van der Waals surface area contributed by atoms with Gasteiger partial charge in [0.1, 0.15) is 5.82 Å². The van der Waals surface area contributed by atoms with E-state index in [-0.39, 0.29) is 12.4 Å². The molecule has 5 nitrogen and oxygen atoms in total. The highest BCUT2D eigenvalue weighted by Crippen LogP contribution is 2.17. The normalized spacial score (nSPS) is 12.3. The summed E-state index contributed by atoms with van der Waals surface area (Å²) in [6, 6.07) is 3.08. The first-order chi connectivity index (χ1) is 8.81. The van der Waals surface area contributed by atoms with Crippen LogP contribution < -0.4 is 11.1 Å². The van der Waals surface area contributed by atoms with E-state index in [2.05, 4.69) is 15.9 Å². The fourth-order valence-corrected chi connectivity index (χ4v) is 1.90. The lowest BCUT2D eigenvalue weighted by Crippen LogP contribution is -2.46. The summed E-state index contributed by atoms with van der Waals surface area (Å²) in [6.45, 7) is 1.84. The molecule has 1 rings (SSSR count). The van der Waals surface area contributed by atoms with Crippen LogP contribution in [0.3, 0.4) is 0 Å². The Morgan fingerprint density at radius 1 is 1.53 bits per heavy atom. The van der Waals surface area contributed by atoms with Crippen LogP contribution in [0.25, 0.3) is 0 Å². The van der Waals surface area contributed by atoms with Crippen molar-refractivity contribution < 1.29 is 14.0 Å². The molecule has 0 fully saturated rings. The number of hydrogen-bond acceptors (Lipinski definition) is 3. The zero-order valence-electron chi connectivity index (χ0n) is 10.6. The third-order valence-corrected chi connectivity index (χ3v) is 3.21. The number of nitrogens with two attached hydrogens (primary N) is 1. The van der Waals surface area contributed by atoms with Gasteiger partial charge in [-0.05, 0) is 32.2 Å². The van der Waals surface area contributed by atoms with E-state index in [4.69, 9.17) is 5.73 Å². The molecule has 0 aromatic heterocycles. The second-order valence-corrected chi connectivity index (χ2v) is 5.10. The van der Waals surface area contributed by atoms with Gasteiger partial charge in [-0.1, -0.05) is 15.9 Å². The molecule has 1 aromatic carbocycles. The minimum absolute atomic E-state index is 0.235. The van der Waals surface area contributed by atoms with Gasteiger partial charge in [-0.25, -0.2) is 9.18 Å². The van der Waals surface area contributed by atoms with Crippen molar-refractivity contribution in [2.45, 2.75) is 19.5 Å². The van der Waals surface area contributed by atoms with E-state index >= 15 is 0 Å². The van der Waals surface area contributed by atoms with Crippen molar-refractivity contribution in [3.63, 3.8) is 0 Å². The smallest absolute Gasteiger partial charge is 0.318 e. The number of hydrogen-bond donors (Lipinski definition) is 2. The Hall–Kier alpha value is -1.47. The van der Waals surface area contributed by atoms with E-state index in [1.807, 2.05) is 5.32 Å². The standard InChI is InChI=1S/C12H15BrFN3O2/c1-7(11(18)16-12(15)19)17(2)6-8-5-9(13)3-4-10(8)14/h3-5,7H,6H2,1-2H3,(H3,15,16,18,19)/t7-/m0/s1. The molecule has 0 saturated carbocycles. The number of primary amides is 1. The van der Waals surface area contributed by atoms with Gasteiger partial charge in [-0.3, -0.25) is 15.0 Å². The van der Waals surface area contributed by atoms with Crippen LogP contribution in [0, 0.1) is 5.82 Å². The first-order valence-corrected chi connectivity index (χ1v) is 6.35. The van der Waals surface area contributed by atoms with Crippen molar-refractivity contribution in [2.24, 2.45) is 5.73 Å². The molecule has 1 aromatic rings. The topological polar surface area (TPSA) is 75.4 Å². The number of benzene rings is 1. The van der Waals surface area contributed by atoms with Crippen molar-refractivity contribution in [1.82, 2.24) is 10.2 Å². The van der Waals surface area contributed by atoms with Gasteiger partial charge in [-0.2, -0.15) is 0 Å². The summed E-state index contributed by atoms with van der Waals surface area (Å²) in [5, 5.41) is 1.99. The molecule has 0 aliphatic rings. The van der Waals surface area contributed by atoms with E-state index < -0.39 is 18.0 Å². The molecule has 3 amide bonds. The van der Waals surface area contributed by atoms with Crippen LogP contribution in [0.1, 0.15) is 12.5 Å². The molecular weight excluding hydrogens is 317 g/mol. The minimum atomic E-state index is -0.904. The van der Waals surface area contributed by atoms with Crippen LogP contribution in [0.5, 0.6) is 0 Å².